The van der Waals surface area contributed by atoms with E-state index in [0.29, 0.717) is 19.3 Å². The van der Waals surface area contributed by atoms with Crippen LogP contribution in [0.1, 0.15) is 162 Å². The number of unbranched alkanes of at least 4 members (excludes halogenated alkanes) is 13. The van der Waals surface area contributed by atoms with E-state index in [1.54, 1.807) is 0 Å². The summed E-state index contributed by atoms with van der Waals surface area (Å²) in [6.07, 6.45) is 34.0. The van der Waals surface area contributed by atoms with Gasteiger partial charge in [0.1, 0.15) is 43.2 Å². The Balaban J connectivity index is 2.52. The summed E-state index contributed by atoms with van der Waals surface area (Å²) < 4.78 is 33.4. The van der Waals surface area contributed by atoms with Crippen molar-refractivity contribution >= 4 is 19.8 Å². The van der Waals surface area contributed by atoms with Crippen molar-refractivity contribution in [3.05, 3.63) is 72.9 Å². The molecule has 6 unspecified atom stereocenters. The minimum absolute atomic E-state index is 0.0302. The third-order valence-electron chi connectivity index (χ3n) is 10.3. The van der Waals surface area contributed by atoms with E-state index in [4.69, 9.17) is 18.5 Å². The number of esters is 2. The first-order valence-corrected chi connectivity index (χ1v) is 24.7. The molecule has 0 aliphatic heterocycles. The van der Waals surface area contributed by atoms with Crippen LogP contribution in [-0.2, 0) is 32.7 Å². The summed E-state index contributed by atoms with van der Waals surface area (Å²) in [5.74, 6) is -1.20. The molecule has 356 valence electrons. The molecular formula is C48H81O13P. The maximum atomic E-state index is 12.8. The second-order valence-corrected chi connectivity index (χ2v) is 17.3. The zero-order chi connectivity index (χ0) is 45.7. The molecule has 1 saturated carbocycles. The van der Waals surface area contributed by atoms with Crippen LogP contribution in [-0.4, -0.2) is 98.3 Å². The molecule has 0 saturated heterocycles. The molecule has 0 aromatic carbocycles. The fourth-order valence-electron chi connectivity index (χ4n) is 6.61. The van der Waals surface area contributed by atoms with Gasteiger partial charge in [-0.1, -0.05) is 170 Å². The fourth-order valence-corrected chi connectivity index (χ4v) is 7.58. The molecule has 13 nitrogen and oxygen atoms in total. The highest BCUT2D eigenvalue weighted by Crippen LogP contribution is 2.47. The van der Waals surface area contributed by atoms with Crippen LogP contribution in [0.4, 0.5) is 0 Å². The molecule has 0 amide bonds. The van der Waals surface area contributed by atoms with Gasteiger partial charge in [-0.25, -0.2) is 4.57 Å². The molecule has 0 spiro atoms. The van der Waals surface area contributed by atoms with Crippen molar-refractivity contribution in [3.8, 4) is 0 Å². The van der Waals surface area contributed by atoms with E-state index < -0.39 is 75.7 Å². The molecule has 6 atom stereocenters. The number of aliphatic hydroxyl groups is 5. The number of hydrogen-bond donors (Lipinski definition) is 6. The summed E-state index contributed by atoms with van der Waals surface area (Å²) in [4.78, 5) is 35.7. The Morgan fingerprint density at radius 2 is 0.919 bits per heavy atom. The van der Waals surface area contributed by atoms with Crippen LogP contribution in [0.15, 0.2) is 72.9 Å². The van der Waals surface area contributed by atoms with Crippen molar-refractivity contribution in [1.82, 2.24) is 0 Å². The average Bonchev–Trinajstić information content (AvgIpc) is 3.25. The van der Waals surface area contributed by atoms with Gasteiger partial charge in [-0.05, 0) is 51.4 Å². The molecular weight excluding hydrogens is 815 g/mol. The Bertz CT molecular complexity index is 1360. The van der Waals surface area contributed by atoms with Crippen molar-refractivity contribution in [3.63, 3.8) is 0 Å². The standard InChI is InChI=1S/C48H81O13P/c1-3-5-7-9-11-13-15-17-19-20-21-22-23-25-27-29-31-33-35-37-42(50)60-40(39-59-62(56,57)61-48-46(54)44(52)43(51)45(53)47(48)55)38-58-41(49)36-34-32-30-28-26-24-18-16-14-12-10-8-6-4-2/h5,7,11,13,17,19,21-22,25,27,31,33,40,43-48,51-55H,3-4,6,8-10,12,14-16,18,20,23-24,26,28-30,32,34-39H2,1-2H3,(H,56,57)/b7-5-,13-11-,19-17-,22-21-,27-25-,33-31-. The lowest BCUT2D eigenvalue weighted by Crippen LogP contribution is -2.64. The lowest BCUT2D eigenvalue weighted by molar-refractivity contribution is -0.220. The molecule has 1 rings (SSSR count). The lowest BCUT2D eigenvalue weighted by Gasteiger charge is -2.41. The maximum absolute atomic E-state index is 12.8. The smallest absolute Gasteiger partial charge is 0.462 e. The molecule has 0 bridgehead atoms. The average molecular weight is 897 g/mol. The number of rotatable bonds is 37. The van der Waals surface area contributed by atoms with Crippen molar-refractivity contribution in [2.75, 3.05) is 13.2 Å². The summed E-state index contributed by atoms with van der Waals surface area (Å²) >= 11 is 0. The SMILES string of the molecule is CC/C=C\C/C=C\C/C=C\C/C=C\C/C=C\C/C=C\CCC(=O)OC(COC(=O)CCCCCCCCCCCCCCCC)COP(=O)(O)OC1C(O)C(O)C(O)C(O)C1O. The molecule has 14 heteroatoms. The minimum atomic E-state index is -5.14. The van der Waals surface area contributed by atoms with E-state index in [9.17, 15) is 44.6 Å². The number of phosphoric acid groups is 1. The van der Waals surface area contributed by atoms with Gasteiger partial charge >= 0.3 is 19.8 Å². The molecule has 1 aliphatic carbocycles. The molecule has 0 aromatic heterocycles. The monoisotopic (exact) mass is 897 g/mol. The zero-order valence-electron chi connectivity index (χ0n) is 37.6. The van der Waals surface area contributed by atoms with E-state index in [1.807, 2.05) is 18.2 Å². The van der Waals surface area contributed by atoms with Gasteiger partial charge in [0, 0.05) is 12.8 Å². The Hall–Kier alpha value is -2.71. The van der Waals surface area contributed by atoms with E-state index >= 15 is 0 Å². The van der Waals surface area contributed by atoms with E-state index in [0.717, 1.165) is 51.4 Å². The molecule has 0 heterocycles. The van der Waals surface area contributed by atoms with Gasteiger partial charge in [0.05, 0.1) is 6.61 Å². The molecule has 1 fully saturated rings. The molecule has 1 aliphatic rings. The van der Waals surface area contributed by atoms with Crippen LogP contribution < -0.4 is 0 Å². The van der Waals surface area contributed by atoms with Crippen LogP contribution in [0.3, 0.4) is 0 Å². The number of carbonyl (C=O) groups is 2. The third-order valence-corrected chi connectivity index (χ3v) is 11.3. The van der Waals surface area contributed by atoms with E-state index in [1.165, 1.54) is 64.2 Å². The first kappa shape index (κ1) is 57.3. The van der Waals surface area contributed by atoms with Crippen molar-refractivity contribution in [2.45, 2.75) is 204 Å². The second-order valence-electron chi connectivity index (χ2n) is 15.9. The number of aliphatic hydroxyl groups excluding tert-OH is 5. The highest BCUT2D eigenvalue weighted by Gasteiger charge is 2.51. The minimum Gasteiger partial charge on any atom is -0.462 e. The van der Waals surface area contributed by atoms with Crippen molar-refractivity contribution < 1.29 is 63.1 Å². The van der Waals surface area contributed by atoms with Gasteiger partial charge in [-0.15, -0.1) is 0 Å². The van der Waals surface area contributed by atoms with Gasteiger partial charge in [0.2, 0.25) is 0 Å². The van der Waals surface area contributed by atoms with Crippen LogP contribution in [0.25, 0.3) is 0 Å². The Morgan fingerprint density at radius 1 is 0.516 bits per heavy atom. The van der Waals surface area contributed by atoms with Gasteiger partial charge in [0.15, 0.2) is 6.10 Å². The highest BCUT2D eigenvalue weighted by molar-refractivity contribution is 7.47. The van der Waals surface area contributed by atoms with Gasteiger partial charge in [0.25, 0.3) is 0 Å². The summed E-state index contributed by atoms with van der Waals surface area (Å²) in [7, 11) is -5.14. The summed E-state index contributed by atoms with van der Waals surface area (Å²) in [6.45, 7) is 3.12. The van der Waals surface area contributed by atoms with Crippen molar-refractivity contribution in [2.24, 2.45) is 0 Å². The Kier molecular flexibility index (Phi) is 34.8. The summed E-state index contributed by atoms with van der Waals surface area (Å²) in [6, 6.07) is 0. The second kappa shape index (κ2) is 37.6. The fraction of sp³-hybridized carbons (Fsp3) is 0.708. The predicted octanol–water partition coefficient (Wildman–Crippen LogP) is 9.11. The molecule has 6 N–H and O–H groups in total. The van der Waals surface area contributed by atoms with E-state index in [2.05, 4.69) is 68.5 Å². The summed E-state index contributed by atoms with van der Waals surface area (Å²) in [5, 5.41) is 50.1. The number of hydrogen-bond acceptors (Lipinski definition) is 12. The third kappa shape index (κ3) is 29.6. The van der Waals surface area contributed by atoms with Crippen LogP contribution >= 0.6 is 7.82 Å². The summed E-state index contributed by atoms with van der Waals surface area (Å²) in [5.41, 5.74) is 0. The zero-order valence-corrected chi connectivity index (χ0v) is 38.5. The lowest BCUT2D eigenvalue weighted by atomic mass is 9.85. The molecule has 0 aromatic rings. The maximum Gasteiger partial charge on any atom is 0.472 e. The number of ether oxygens (including phenoxy) is 2. The molecule has 0 radical (unpaired) electrons. The topological polar surface area (TPSA) is 210 Å². The highest BCUT2D eigenvalue weighted by atomic mass is 31.2. The normalized spacial score (nSPS) is 22.5. The van der Waals surface area contributed by atoms with Gasteiger partial charge in [-0.3, -0.25) is 18.6 Å². The Morgan fingerprint density at radius 3 is 1.37 bits per heavy atom. The predicted molar refractivity (Wildman–Crippen MR) is 244 cm³/mol. The molecule has 62 heavy (non-hydrogen) atoms. The van der Waals surface area contributed by atoms with Crippen molar-refractivity contribution in [1.29, 1.82) is 0 Å². The first-order valence-electron chi connectivity index (χ1n) is 23.2. The Labute approximate surface area is 372 Å². The van der Waals surface area contributed by atoms with Crippen LogP contribution in [0, 0.1) is 0 Å². The first-order chi connectivity index (χ1) is 29.9. The number of phosphoric ester groups is 1. The van der Waals surface area contributed by atoms with Crippen LogP contribution in [0.2, 0.25) is 0 Å². The quantitative estimate of drug-likeness (QED) is 0.0149. The van der Waals surface area contributed by atoms with E-state index in [-0.39, 0.29) is 12.8 Å². The van der Waals surface area contributed by atoms with Gasteiger partial charge < -0.3 is 39.9 Å². The number of carbonyl (C=O) groups excluding carboxylic acids is 2. The van der Waals surface area contributed by atoms with Gasteiger partial charge in [-0.2, -0.15) is 0 Å². The van der Waals surface area contributed by atoms with Crippen LogP contribution in [0.5, 0.6) is 0 Å². The largest absolute Gasteiger partial charge is 0.472 e. The number of allylic oxidation sites excluding steroid dienone is 12.